The smallest absolute Gasteiger partial charge is 0.145 e. The lowest BCUT2D eigenvalue weighted by atomic mass is 10.1. The molecular weight excluding hydrogens is 394 g/mol. The van der Waals surface area contributed by atoms with E-state index in [-0.39, 0.29) is 0 Å². The van der Waals surface area contributed by atoms with Gasteiger partial charge in [-0.3, -0.25) is 9.88 Å². The lowest BCUT2D eigenvalue weighted by molar-refractivity contribution is 0.288. The van der Waals surface area contributed by atoms with Gasteiger partial charge < -0.3 is 10.1 Å². The van der Waals surface area contributed by atoms with E-state index in [0.717, 1.165) is 51.0 Å². The highest BCUT2D eigenvalue weighted by atomic mass is 32.1. The van der Waals surface area contributed by atoms with Crippen LogP contribution in [0.3, 0.4) is 0 Å². The van der Waals surface area contributed by atoms with Crippen molar-refractivity contribution in [1.82, 2.24) is 19.9 Å². The van der Waals surface area contributed by atoms with Crippen LogP contribution in [0.2, 0.25) is 0 Å². The number of aryl methyl sites for hydroxylation is 2. The molecule has 4 heterocycles. The van der Waals surface area contributed by atoms with Crippen molar-refractivity contribution in [3.05, 3.63) is 64.6 Å². The van der Waals surface area contributed by atoms with Crippen molar-refractivity contribution in [3.8, 4) is 11.5 Å². The van der Waals surface area contributed by atoms with Gasteiger partial charge in [0, 0.05) is 28.8 Å². The molecule has 4 aromatic rings. The topological polar surface area (TPSA) is 63.2 Å². The Balaban J connectivity index is 1.44. The lowest BCUT2D eigenvalue weighted by Gasteiger charge is -2.14. The average Bonchev–Trinajstić information content (AvgIpc) is 3.22. The van der Waals surface area contributed by atoms with Crippen LogP contribution in [0.1, 0.15) is 34.7 Å². The summed E-state index contributed by atoms with van der Waals surface area (Å²) in [5.41, 5.74) is 4.32. The molecule has 1 N–H and O–H groups in total. The van der Waals surface area contributed by atoms with Gasteiger partial charge in [0.25, 0.3) is 0 Å². The SMILES string of the molecule is Cc1ccc(Oc2ccc(Nc3ncnc4sc5c(c34)CN(C)C5C)cc2C)cn1. The molecule has 0 amide bonds. The number of fused-ring (bicyclic) bond motifs is 3. The number of aromatic nitrogens is 3. The molecule has 6 nitrogen and oxygen atoms in total. The summed E-state index contributed by atoms with van der Waals surface area (Å²) in [7, 11) is 2.16. The highest BCUT2D eigenvalue weighted by Crippen LogP contribution is 2.44. The molecule has 7 heteroatoms. The molecule has 0 bridgehead atoms. The van der Waals surface area contributed by atoms with Gasteiger partial charge in [-0.2, -0.15) is 0 Å². The van der Waals surface area contributed by atoms with Gasteiger partial charge >= 0.3 is 0 Å². The Morgan fingerprint density at radius 2 is 2.00 bits per heavy atom. The van der Waals surface area contributed by atoms with E-state index in [1.807, 2.05) is 38.1 Å². The van der Waals surface area contributed by atoms with Gasteiger partial charge in [0.1, 0.15) is 28.5 Å². The van der Waals surface area contributed by atoms with Crippen molar-refractivity contribution < 1.29 is 4.74 Å². The Bertz CT molecular complexity index is 1230. The largest absolute Gasteiger partial charge is 0.455 e. The summed E-state index contributed by atoms with van der Waals surface area (Å²) in [5, 5.41) is 4.64. The molecule has 1 atom stereocenters. The predicted octanol–water partition coefficient (Wildman–Crippen LogP) is 5.75. The second kappa shape index (κ2) is 7.34. The normalized spacial score (nSPS) is 16.1. The van der Waals surface area contributed by atoms with Crippen LogP contribution in [-0.4, -0.2) is 26.9 Å². The third-order valence-electron chi connectivity index (χ3n) is 5.62. The maximum absolute atomic E-state index is 5.99. The van der Waals surface area contributed by atoms with Crippen LogP contribution in [0, 0.1) is 13.8 Å². The minimum Gasteiger partial charge on any atom is -0.455 e. The molecule has 1 aliphatic heterocycles. The quantitative estimate of drug-likeness (QED) is 0.456. The second-order valence-corrected chi connectivity index (χ2v) is 8.81. The number of ether oxygens (including phenoxy) is 1. The number of nitrogens with zero attached hydrogens (tertiary/aromatic N) is 4. The standard InChI is InChI=1S/C23H23N5OS/c1-13-9-16(6-8-19(13)29-17-7-5-14(2)24-10-17)27-22-20-18-11-28(4)15(3)21(18)30-23(20)26-12-25-22/h5-10,12,15H,11H2,1-4H3,(H,25,26,27). The Labute approximate surface area is 179 Å². The first-order chi connectivity index (χ1) is 14.5. The van der Waals surface area contributed by atoms with E-state index in [2.05, 4.69) is 45.2 Å². The zero-order chi connectivity index (χ0) is 20.8. The van der Waals surface area contributed by atoms with Crippen molar-refractivity contribution in [2.75, 3.05) is 12.4 Å². The number of rotatable bonds is 4. The molecule has 30 heavy (non-hydrogen) atoms. The zero-order valence-electron chi connectivity index (χ0n) is 17.4. The summed E-state index contributed by atoms with van der Waals surface area (Å²) >= 11 is 1.77. The van der Waals surface area contributed by atoms with Crippen molar-refractivity contribution in [1.29, 1.82) is 0 Å². The highest BCUT2D eigenvalue weighted by molar-refractivity contribution is 7.19. The summed E-state index contributed by atoms with van der Waals surface area (Å²) in [6.07, 6.45) is 3.38. The van der Waals surface area contributed by atoms with Gasteiger partial charge in [-0.1, -0.05) is 0 Å². The number of nitrogens with one attached hydrogen (secondary N) is 1. The summed E-state index contributed by atoms with van der Waals surface area (Å²) in [4.78, 5) is 18.1. The average molecular weight is 418 g/mol. The number of anilines is 2. The maximum atomic E-state index is 5.99. The molecular formula is C23H23N5OS. The van der Waals surface area contributed by atoms with E-state index in [4.69, 9.17) is 4.74 Å². The number of pyridine rings is 1. The van der Waals surface area contributed by atoms with E-state index in [1.165, 1.54) is 10.4 Å². The second-order valence-electron chi connectivity index (χ2n) is 7.78. The molecule has 1 unspecified atom stereocenters. The van der Waals surface area contributed by atoms with Gasteiger partial charge in [-0.25, -0.2) is 9.97 Å². The number of hydrogen-bond donors (Lipinski definition) is 1. The van der Waals surface area contributed by atoms with Crippen LogP contribution in [0.5, 0.6) is 11.5 Å². The van der Waals surface area contributed by atoms with Crippen LogP contribution >= 0.6 is 11.3 Å². The van der Waals surface area contributed by atoms with Crippen molar-refractivity contribution in [2.45, 2.75) is 33.4 Å². The van der Waals surface area contributed by atoms with Gasteiger partial charge in [-0.05, 0) is 69.3 Å². The predicted molar refractivity (Wildman–Crippen MR) is 121 cm³/mol. The Hall–Kier alpha value is -3.03. The summed E-state index contributed by atoms with van der Waals surface area (Å²) in [6, 6.07) is 10.4. The molecule has 5 rings (SSSR count). The molecule has 3 aromatic heterocycles. The van der Waals surface area contributed by atoms with Crippen LogP contribution in [0.15, 0.2) is 42.9 Å². The molecule has 0 aliphatic carbocycles. The summed E-state index contributed by atoms with van der Waals surface area (Å²) < 4.78 is 5.99. The fourth-order valence-corrected chi connectivity index (χ4v) is 5.07. The maximum Gasteiger partial charge on any atom is 0.145 e. The van der Waals surface area contributed by atoms with E-state index in [9.17, 15) is 0 Å². The zero-order valence-corrected chi connectivity index (χ0v) is 18.2. The van der Waals surface area contributed by atoms with Gasteiger partial charge in [-0.15, -0.1) is 11.3 Å². The summed E-state index contributed by atoms with van der Waals surface area (Å²) in [5.74, 6) is 2.40. The van der Waals surface area contributed by atoms with E-state index in [1.54, 1.807) is 23.9 Å². The van der Waals surface area contributed by atoms with E-state index >= 15 is 0 Å². The van der Waals surface area contributed by atoms with E-state index < -0.39 is 0 Å². The molecule has 0 saturated heterocycles. The number of hydrogen-bond acceptors (Lipinski definition) is 7. The fourth-order valence-electron chi connectivity index (χ4n) is 3.80. The minimum absolute atomic E-state index is 0.419. The third kappa shape index (κ3) is 3.30. The Morgan fingerprint density at radius 1 is 1.13 bits per heavy atom. The molecule has 1 aliphatic rings. The Kier molecular flexibility index (Phi) is 4.64. The molecule has 1 aromatic carbocycles. The first-order valence-corrected chi connectivity index (χ1v) is 10.8. The molecule has 0 spiro atoms. The summed E-state index contributed by atoms with van der Waals surface area (Å²) in [6.45, 7) is 7.17. The molecule has 0 radical (unpaired) electrons. The monoisotopic (exact) mass is 417 g/mol. The van der Waals surface area contributed by atoms with Gasteiger partial charge in [0.05, 0.1) is 11.6 Å². The molecule has 152 valence electrons. The van der Waals surface area contributed by atoms with Crippen LogP contribution in [0.25, 0.3) is 10.2 Å². The highest BCUT2D eigenvalue weighted by Gasteiger charge is 2.30. The molecule has 0 fully saturated rings. The minimum atomic E-state index is 0.419. The molecule has 0 saturated carbocycles. The van der Waals surface area contributed by atoms with Crippen LogP contribution < -0.4 is 10.1 Å². The number of thiophene rings is 1. The van der Waals surface area contributed by atoms with Crippen LogP contribution in [0.4, 0.5) is 11.5 Å². The van der Waals surface area contributed by atoms with Gasteiger partial charge in [0.2, 0.25) is 0 Å². The van der Waals surface area contributed by atoms with Gasteiger partial charge in [0.15, 0.2) is 0 Å². The first kappa shape index (κ1) is 19.0. The van der Waals surface area contributed by atoms with Crippen molar-refractivity contribution in [3.63, 3.8) is 0 Å². The van der Waals surface area contributed by atoms with Crippen molar-refractivity contribution >= 4 is 33.1 Å². The Morgan fingerprint density at radius 3 is 2.77 bits per heavy atom. The number of benzene rings is 1. The van der Waals surface area contributed by atoms with E-state index in [0.29, 0.717) is 6.04 Å². The first-order valence-electron chi connectivity index (χ1n) is 9.94. The van der Waals surface area contributed by atoms with Crippen LogP contribution in [-0.2, 0) is 6.54 Å². The van der Waals surface area contributed by atoms with Crippen molar-refractivity contribution in [2.24, 2.45) is 0 Å². The lowest BCUT2D eigenvalue weighted by Crippen LogP contribution is -2.13. The third-order valence-corrected chi connectivity index (χ3v) is 6.93. The fraction of sp³-hybridized carbons (Fsp3) is 0.261.